The summed E-state index contributed by atoms with van der Waals surface area (Å²) >= 11 is 13.0. The number of hydrogen-bond donors (Lipinski definition) is 2. The van der Waals surface area contributed by atoms with Crippen LogP contribution >= 0.6 is 34.5 Å². The minimum absolute atomic E-state index is 0.195. The topological polar surface area (TPSA) is 66.4 Å². The number of amides is 1. The molecule has 0 spiro atoms. The summed E-state index contributed by atoms with van der Waals surface area (Å²) in [6.07, 6.45) is 0.195. The Morgan fingerprint density at radius 3 is 2.68 bits per heavy atom. The van der Waals surface area contributed by atoms with Crippen LogP contribution in [0, 0.1) is 6.92 Å². The fraction of sp³-hybridized carbons (Fsp3) is 0.176. The van der Waals surface area contributed by atoms with Gasteiger partial charge in [0.25, 0.3) is 5.91 Å². The van der Waals surface area contributed by atoms with Crippen LogP contribution in [0.4, 0.5) is 0 Å². The van der Waals surface area contributed by atoms with Gasteiger partial charge in [-0.25, -0.2) is 4.79 Å². The van der Waals surface area contributed by atoms with E-state index in [-0.39, 0.29) is 6.42 Å². The average molecular weight is 393 g/mol. The molecule has 0 aliphatic carbocycles. The molecule has 1 unspecified atom stereocenters. The number of rotatable bonds is 5. The number of thiophene rings is 1. The molecule has 4 nitrogen and oxygen atoms in total. The van der Waals surface area contributed by atoms with Crippen molar-refractivity contribution in [1.29, 1.82) is 0 Å². The van der Waals surface area contributed by atoms with Crippen LogP contribution in [0.2, 0.25) is 9.36 Å². The lowest BCUT2D eigenvalue weighted by Gasteiger charge is -2.16. The van der Waals surface area contributed by atoms with E-state index in [1.54, 1.807) is 6.92 Å². The van der Waals surface area contributed by atoms with Crippen molar-refractivity contribution in [3.05, 3.63) is 55.6 Å². The summed E-state index contributed by atoms with van der Waals surface area (Å²) < 4.78 is 0.318. The van der Waals surface area contributed by atoms with E-state index in [2.05, 4.69) is 5.32 Å². The standard InChI is InChI=1S/C17H13BCl2NO3S/c1-8-13(19)15(20)25-14(8)16(22)21-12(17(23)24)6-9-7-18-11-5-3-2-4-10(9)11/h2-5,7,12H,6H2,1H3,(H,21,22)(H,23,24). The van der Waals surface area contributed by atoms with Crippen molar-refractivity contribution in [2.45, 2.75) is 19.4 Å². The Hall–Kier alpha value is -1.76. The quantitative estimate of drug-likeness (QED) is 0.767. The summed E-state index contributed by atoms with van der Waals surface area (Å²) in [7, 11) is 1.94. The molecule has 1 aliphatic heterocycles. The Morgan fingerprint density at radius 1 is 1.32 bits per heavy atom. The van der Waals surface area contributed by atoms with Crippen LogP contribution in [0.25, 0.3) is 5.57 Å². The van der Waals surface area contributed by atoms with Crippen molar-refractivity contribution >= 4 is 64.7 Å². The molecule has 8 heteroatoms. The first-order valence-electron chi connectivity index (χ1n) is 7.50. The third kappa shape index (κ3) is 3.61. The first-order valence-corrected chi connectivity index (χ1v) is 9.07. The molecule has 0 fully saturated rings. The van der Waals surface area contributed by atoms with E-state index >= 15 is 0 Å². The van der Waals surface area contributed by atoms with Crippen LogP contribution in [0.3, 0.4) is 0 Å². The highest BCUT2D eigenvalue weighted by molar-refractivity contribution is 7.19. The molecule has 0 bridgehead atoms. The van der Waals surface area contributed by atoms with Crippen molar-refractivity contribution < 1.29 is 14.7 Å². The van der Waals surface area contributed by atoms with E-state index in [0.717, 1.165) is 27.9 Å². The number of carbonyl (C=O) groups excluding carboxylic acids is 1. The molecule has 2 heterocycles. The van der Waals surface area contributed by atoms with Gasteiger partial charge in [0.2, 0.25) is 0 Å². The third-order valence-electron chi connectivity index (χ3n) is 4.04. The Labute approximate surface area is 159 Å². The molecule has 3 rings (SSSR count). The second kappa shape index (κ2) is 7.24. The number of aliphatic carboxylic acids is 1. The van der Waals surface area contributed by atoms with E-state index in [4.69, 9.17) is 23.2 Å². The van der Waals surface area contributed by atoms with Crippen LogP contribution in [0.1, 0.15) is 27.2 Å². The van der Waals surface area contributed by atoms with Gasteiger partial charge < -0.3 is 10.4 Å². The SMILES string of the molecule is Cc1c(C(=O)NC(CC2=C[B]c3ccccc32)C(=O)O)sc(Cl)c1Cl. The Morgan fingerprint density at radius 2 is 2.04 bits per heavy atom. The second-order valence-corrected chi connectivity index (χ2v) is 7.66. The van der Waals surface area contributed by atoms with E-state index in [0.29, 0.717) is 19.8 Å². The molecule has 1 amide bonds. The van der Waals surface area contributed by atoms with Gasteiger partial charge in [0.05, 0.1) is 9.90 Å². The van der Waals surface area contributed by atoms with Gasteiger partial charge in [-0.2, -0.15) is 0 Å². The van der Waals surface area contributed by atoms with Gasteiger partial charge in [-0.15, -0.1) is 17.3 Å². The monoisotopic (exact) mass is 392 g/mol. The molecule has 0 saturated heterocycles. The maximum absolute atomic E-state index is 12.5. The third-order valence-corrected chi connectivity index (χ3v) is 6.22. The number of carbonyl (C=O) groups is 2. The van der Waals surface area contributed by atoms with Crippen molar-refractivity contribution in [1.82, 2.24) is 5.32 Å². The summed E-state index contributed by atoms with van der Waals surface area (Å²) in [6, 6.07) is 6.69. The average Bonchev–Trinajstić information content (AvgIpc) is 3.10. The summed E-state index contributed by atoms with van der Waals surface area (Å²) in [4.78, 5) is 24.4. The van der Waals surface area contributed by atoms with E-state index < -0.39 is 17.9 Å². The van der Waals surface area contributed by atoms with Gasteiger partial charge in [0.15, 0.2) is 7.28 Å². The molecular formula is C17H13BCl2NO3S. The molecular weight excluding hydrogens is 380 g/mol. The zero-order chi connectivity index (χ0) is 18.1. The molecule has 25 heavy (non-hydrogen) atoms. The van der Waals surface area contributed by atoms with E-state index in [9.17, 15) is 14.7 Å². The van der Waals surface area contributed by atoms with Crippen LogP contribution < -0.4 is 10.8 Å². The molecule has 1 radical (unpaired) electrons. The smallest absolute Gasteiger partial charge is 0.326 e. The summed E-state index contributed by atoms with van der Waals surface area (Å²) in [6.45, 7) is 1.68. The van der Waals surface area contributed by atoms with E-state index in [1.807, 2.05) is 37.5 Å². The minimum atomic E-state index is -1.09. The van der Waals surface area contributed by atoms with Crippen LogP contribution in [0.15, 0.2) is 30.2 Å². The van der Waals surface area contributed by atoms with Gasteiger partial charge in [0.1, 0.15) is 10.4 Å². The summed E-state index contributed by atoms with van der Waals surface area (Å²) in [5.74, 6) is 0.307. The lowest BCUT2D eigenvalue weighted by atomic mass is 9.73. The lowest BCUT2D eigenvalue weighted by Crippen LogP contribution is -2.40. The molecule has 2 aromatic rings. The van der Waals surface area contributed by atoms with Gasteiger partial charge in [-0.3, -0.25) is 4.79 Å². The number of fused-ring (bicyclic) bond motifs is 1. The van der Waals surface area contributed by atoms with E-state index in [1.165, 1.54) is 0 Å². The maximum atomic E-state index is 12.5. The Bertz CT molecular complexity index is 894. The highest BCUT2D eigenvalue weighted by Crippen LogP contribution is 2.36. The fourth-order valence-electron chi connectivity index (χ4n) is 2.71. The number of hydrogen-bond acceptors (Lipinski definition) is 3. The van der Waals surface area contributed by atoms with Gasteiger partial charge >= 0.3 is 5.97 Å². The van der Waals surface area contributed by atoms with Crippen molar-refractivity contribution in [2.75, 3.05) is 0 Å². The molecule has 1 aliphatic rings. The van der Waals surface area contributed by atoms with Gasteiger partial charge in [-0.1, -0.05) is 58.5 Å². The molecule has 1 atom stereocenters. The zero-order valence-electron chi connectivity index (χ0n) is 13.2. The first kappa shape index (κ1) is 18.0. The Kier molecular flexibility index (Phi) is 5.23. The fourth-order valence-corrected chi connectivity index (χ4v) is 4.18. The predicted octanol–water partition coefficient (Wildman–Crippen LogP) is 3.32. The molecule has 1 aromatic carbocycles. The maximum Gasteiger partial charge on any atom is 0.326 e. The zero-order valence-corrected chi connectivity index (χ0v) is 15.5. The van der Waals surface area contributed by atoms with Crippen molar-refractivity contribution in [3.63, 3.8) is 0 Å². The van der Waals surface area contributed by atoms with Crippen LogP contribution in [-0.4, -0.2) is 30.3 Å². The highest BCUT2D eigenvalue weighted by Gasteiger charge is 2.27. The van der Waals surface area contributed by atoms with Crippen LogP contribution in [0.5, 0.6) is 0 Å². The molecule has 127 valence electrons. The Balaban J connectivity index is 1.78. The van der Waals surface area contributed by atoms with Crippen LogP contribution in [-0.2, 0) is 4.79 Å². The first-order chi connectivity index (χ1) is 11.9. The molecule has 0 saturated carbocycles. The number of carboxylic acids is 1. The minimum Gasteiger partial charge on any atom is -0.480 e. The normalized spacial score (nSPS) is 13.6. The second-order valence-electron chi connectivity index (χ2n) is 5.66. The van der Waals surface area contributed by atoms with Crippen molar-refractivity contribution in [3.8, 4) is 0 Å². The number of benzene rings is 1. The number of nitrogens with one attached hydrogen (secondary N) is 1. The molecule has 1 aromatic heterocycles. The molecule has 2 N–H and O–H groups in total. The number of halogens is 2. The largest absolute Gasteiger partial charge is 0.480 e. The van der Waals surface area contributed by atoms with Gasteiger partial charge in [0, 0.05) is 6.42 Å². The highest BCUT2D eigenvalue weighted by atomic mass is 35.5. The predicted molar refractivity (Wildman–Crippen MR) is 102 cm³/mol. The number of carboxylic acid groups (broad SMARTS) is 1. The van der Waals surface area contributed by atoms with Gasteiger partial charge in [-0.05, 0) is 18.1 Å². The van der Waals surface area contributed by atoms with Crippen molar-refractivity contribution in [2.24, 2.45) is 0 Å². The summed E-state index contributed by atoms with van der Waals surface area (Å²) in [5, 5.41) is 12.4. The summed E-state index contributed by atoms with van der Waals surface area (Å²) in [5.41, 5.74) is 3.46. The lowest BCUT2D eigenvalue weighted by molar-refractivity contribution is -0.139.